The zero-order valence-electron chi connectivity index (χ0n) is 12.8. The van der Waals surface area contributed by atoms with Crippen LogP contribution in [0, 0.1) is 5.41 Å². The molecule has 0 saturated carbocycles. The van der Waals surface area contributed by atoms with Crippen LogP contribution in [0.2, 0.25) is 0 Å². The molecule has 1 aromatic carbocycles. The van der Waals surface area contributed by atoms with Gasteiger partial charge < -0.3 is 16.2 Å². The van der Waals surface area contributed by atoms with Crippen LogP contribution in [0.3, 0.4) is 0 Å². The summed E-state index contributed by atoms with van der Waals surface area (Å²) in [7, 11) is -2.11. The average Bonchev–Trinajstić information content (AvgIpc) is 2.44. The molecule has 0 atom stereocenters. The number of aliphatic hydroxyl groups excluding tert-OH is 1. The van der Waals surface area contributed by atoms with Crippen LogP contribution in [-0.2, 0) is 10.0 Å². The first-order valence-electron chi connectivity index (χ1n) is 6.90. The highest BCUT2D eigenvalue weighted by Crippen LogP contribution is 2.27. The van der Waals surface area contributed by atoms with Crippen LogP contribution in [0.15, 0.2) is 23.1 Å². The van der Waals surface area contributed by atoms with Crippen LogP contribution in [0.4, 0.5) is 11.4 Å². The first-order chi connectivity index (χ1) is 9.72. The molecule has 0 amide bonds. The third kappa shape index (κ3) is 5.18. The molecule has 120 valence electrons. The molecule has 0 saturated heterocycles. The van der Waals surface area contributed by atoms with Crippen LogP contribution >= 0.6 is 0 Å². The van der Waals surface area contributed by atoms with Crippen molar-refractivity contribution >= 4 is 21.4 Å². The fourth-order valence-corrected chi connectivity index (χ4v) is 2.71. The number of hydrogen-bond donors (Lipinski definition) is 4. The van der Waals surface area contributed by atoms with E-state index in [0.717, 1.165) is 12.8 Å². The monoisotopic (exact) mass is 315 g/mol. The van der Waals surface area contributed by atoms with E-state index in [4.69, 9.17) is 10.8 Å². The second kappa shape index (κ2) is 7.11. The van der Waals surface area contributed by atoms with E-state index in [1.807, 2.05) is 0 Å². The van der Waals surface area contributed by atoms with E-state index in [2.05, 4.69) is 23.9 Å². The number of anilines is 2. The predicted molar refractivity (Wildman–Crippen MR) is 85.7 cm³/mol. The van der Waals surface area contributed by atoms with Crippen molar-refractivity contribution in [1.82, 2.24) is 4.72 Å². The van der Waals surface area contributed by atoms with Crippen LogP contribution in [0.5, 0.6) is 0 Å². The Morgan fingerprint density at radius 2 is 2.00 bits per heavy atom. The summed E-state index contributed by atoms with van der Waals surface area (Å²) in [6.07, 6.45) is 1.60. The standard InChI is InChI=1S/C14H25N3O3S/c1-14(2,7-4-8-18)10-17-13-9-11(5-6-12(13)15)21(19,20)16-3/h5-6,9,16-18H,4,7-8,10,15H2,1-3H3. The number of sulfonamides is 1. The van der Waals surface area contributed by atoms with Gasteiger partial charge in [-0.15, -0.1) is 0 Å². The lowest BCUT2D eigenvalue weighted by Crippen LogP contribution is -2.24. The minimum absolute atomic E-state index is 0.0208. The SMILES string of the molecule is CNS(=O)(=O)c1ccc(N)c(NCC(C)(C)CCCO)c1. The van der Waals surface area contributed by atoms with Crippen LogP contribution in [-0.4, -0.2) is 33.7 Å². The Balaban J connectivity index is 2.86. The van der Waals surface area contributed by atoms with Gasteiger partial charge >= 0.3 is 0 Å². The molecule has 7 heteroatoms. The Morgan fingerprint density at radius 1 is 1.33 bits per heavy atom. The highest BCUT2D eigenvalue weighted by Gasteiger charge is 2.18. The molecule has 0 radical (unpaired) electrons. The maximum atomic E-state index is 11.8. The molecule has 0 unspecified atom stereocenters. The van der Waals surface area contributed by atoms with Gasteiger partial charge in [0.2, 0.25) is 10.0 Å². The zero-order chi connectivity index (χ0) is 16.1. The van der Waals surface area contributed by atoms with Gasteiger partial charge in [0.1, 0.15) is 0 Å². The highest BCUT2D eigenvalue weighted by atomic mass is 32.2. The number of nitrogens with one attached hydrogen (secondary N) is 2. The Labute approximate surface area is 126 Å². The third-order valence-corrected chi connectivity index (χ3v) is 4.78. The van der Waals surface area contributed by atoms with Gasteiger partial charge in [0, 0.05) is 13.2 Å². The summed E-state index contributed by atoms with van der Waals surface area (Å²) in [5.74, 6) is 0. The molecule has 0 aromatic heterocycles. The summed E-state index contributed by atoms with van der Waals surface area (Å²) in [5.41, 5.74) is 6.97. The Hall–Kier alpha value is -1.31. The topological polar surface area (TPSA) is 104 Å². The largest absolute Gasteiger partial charge is 0.397 e. The molecule has 0 aliphatic carbocycles. The summed E-state index contributed by atoms with van der Waals surface area (Å²) in [4.78, 5) is 0.176. The van der Waals surface area contributed by atoms with Crippen molar-refractivity contribution in [3.05, 3.63) is 18.2 Å². The van der Waals surface area contributed by atoms with E-state index in [0.29, 0.717) is 17.9 Å². The molecule has 0 fully saturated rings. The summed E-state index contributed by atoms with van der Waals surface area (Å²) >= 11 is 0. The van der Waals surface area contributed by atoms with Crippen molar-refractivity contribution in [2.24, 2.45) is 5.41 Å². The van der Waals surface area contributed by atoms with Crippen molar-refractivity contribution in [3.63, 3.8) is 0 Å². The lowest BCUT2D eigenvalue weighted by Gasteiger charge is -2.25. The van der Waals surface area contributed by atoms with Crippen LogP contribution in [0.1, 0.15) is 26.7 Å². The maximum Gasteiger partial charge on any atom is 0.240 e. The molecule has 1 aromatic rings. The second-order valence-corrected chi connectivity index (χ2v) is 7.69. The third-order valence-electron chi connectivity index (χ3n) is 3.37. The molecule has 5 N–H and O–H groups in total. The van der Waals surface area contributed by atoms with Crippen LogP contribution < -0.4 is 15.8 Å². The molecule has 1 rings (SSSR count). The highest BCUT2D eigenvalue weighted by molar-refractivity contribution is 7.89. The molecule has 0 heterocycles. The van der Waals surface area contributed by atoms with E-state index in [-0.39, 0.29) is 16.9 Å². The Bertz CT molecular complexity index is 571. The molecule has 0 aliphatic heterocycles. The number of aliphatic hydroxyl groups is 1. The molecule has 0 spiro atoms. The van der Waals surface area contributed by atoms with Crippen molar-refractivity contribution in [3.8, 4) is 0 Å². The van der Waals surface area contributed by atoms with Gasteiger partial charge in [-0.1, -0.05) is 13.8 Å². The lowest BCUT2D eigenvalue weighted by molar-refractivity contribution is 0.248. The Morgan fingerprint density at radius 3 is 2.57 bits per heavy atom. The lowest BCUT2D eigenvalue weighted by atomic mass is 9.88. The number of hydrogen-bond acceptors (Lipinski definition) is 5. The van der Waals surface area contributed by atoms with Gasteiger partial charge in [0.05, 0.1) is 16.3 Å². The van der Waals surface area contributed by atoms with Crippen molar-refractivity contribution in [1.29, 1.82) is 0 Å². The second-order valence-electron chi connectivity index (χ2n) is 5.80. The molecule has 0 bridgehead atoms. The molecule has 0 aliphatic rings. The number of nitrogen functional groups attached to an aromatic ring is 1. The molecule has 6 nitrogen and oxygen atoms in total. The zero-order valence-corrected chi connectivity index (χ0v) is 13.6. The summed E-state index contributed by atoms with van der Waals surface area (Å²) in [6.45, 7) is 4.97. The predicted octanol–water partition coefficient (Wildman–Crippen LogP) is 1.39. The van der Waals surface area contributed by atoms with Crippen molar-refractivity contribution in [2.75, 3.05) is 31.2 Å². The van der Waals surface area contributed by atoms with E-state index in [9.17, 15) is 8.42 Å². The van der Waals surface area contributed by atoms with Crippen molar-refractivity contribution < 1.29 is 13.5 Å². The number of nitrogens with two attached hydrogens (primary N) is 1. The van der Waals surface area contributed by atoms with Crippen LogP contribution in [0.25, 0.3) is 0 Å². The van der Waals surface area contributed by atoms with Gasteiger partial charge in [-0.05, 0) is 43.5 Å². The average molecular weight is 315 g/mol. The summed E-state index contributed by atoms with van der Waals surface area (Å²) in [6, 6.07) is 4.58. The number of benzene rings is 1. The Kier molecular flexibility index (Phi) is 6.00. The molecular weight excluding hydrogens is 290 g/mol. The summed E-state index contributed by atoms with van der Waals surface area (Å²) < 4.78 is 25.9. The summed E-state index contributed by atoms with van der Waals surface area (Å²) in [5, 5.41) is 12.1. The van der Waals surface area contributed by atoms with E-state index in [1.165, 1.54) is 19.2 Å². The molecular formula is C14H25N3O3S. The van der Waals surface area contributed by atoms with Gasteiger partial charge in [-0.2, -0.15) is 0 Å². The first-order valence-corrected chi connectivity index (χ1v) is 8.38. The van der Waals surface area contributed by atoms with E-state index >= 15 is 0 Å². The smallest absolute Gasteiger partial charge is 0.240 e. The fourth-order valence-electron chi connectivity index (χ4n) is 1.95. The van der Waals surface area contributed by atoms with Gasteiger partial charge in [-0.3, -0.25) is 0 Å². The first kappa shape index (κ1) is 17.7. The minimum atomic E-state index is -3.48. The van der Waals surface area contributed by atoms with E-state index in [1.54, 1.807) is 6.07 Å². The van der Waals surface area contributed by atoms with Gasteiger partial charge in [0.15, 0.2) is 0 Å². The van der Waals surface area contributed by atoms with Gasteiger partial charge in [-0.25, -0.2) is 13.1 Å². The fraction of sp³-hybridized carbons (Fsp3) is 0.571. The quantitative estimate of drug-likeness (QED) is 0.543. The normalized spacial score (nSPS) is 12.4. The molecule has 21 heavy (non-hydrogen) atoms. The van der Waals surface area contributed by atoms with Crippen molar-refractivity contribution in [2.45, 2.75) is 31.6 Å². The number of rotatable bonds is 8. The van der Waals surface area contributed by atoms with E-state index < -0.39 is 10.0 Å². The van der Waals surface area contributed by atoms with Gasteiger partial charge in [0.25, 0.3) is 0 Å². The minimum Gasteiger partial charge on any atom is -0.397 e. The maximum absolute atomic E-state index is 11.8.